The van der Waals surface area contributed by atoms with E-state index in [0.29, 0.717) is 17.6 Å². The molecule has 6 heteroatoms. The summed E-state index contributed by atoms with van der Waals surface area (Å²) in [5, 5.41) is 5.25. The van der Waals surface area contributed by atoms with Gasteiger partial charge in [0.05, 0.1) is 0 Å². The summed E-state index contributed by atoms with van der Waals surface area (Å²) in [6.45, 7) is 2.01. The Kier molecular flexibility index (Phi) is 3.17. The quantitative estimate of drug-likeness (QED) is 0.681. The molecule has 0 radical (unpaired) electrons. The van der Waals surface area contributed by atoms with Gasteiger partial charge in [0.1, 0.15) is 0 Å². The summed E-state index contributed by atoms with van der Waals surface area (Å²) in [7, 11) is 0. The monoisotopic (exact) mass is 283 g/mol. The zero-order valence-corrected chi connectivity index (χ0v) is 11.6. The molecule has 3 aromatic rings. The van der Waals surface area contributed by atoms with E-state index in [2.05, 4.69) is 26.0 Å². The molecule has 2 aromatic heterocycles. The fourth-order valence-electron chi connectivity index (χ4n) is 2.78. The number of hydrogen-bond acceptors (Lipinski definition) is 5. The number of fused-ring (bicyclic) bond motifs is 1. The second kappa shape index (κ2) is 5.31. The van der Waals surface area contributed by atoms with Crippen molar-refractivity contribution in [3.8, 4) is 11.4 Å². The molecule has 1 aliphatic rings. The molecular formula is C15H17N5O. The van der Waals surface area contributed by atoms with Gasteiger partial charge < -0.3 is 9.51 Å². The molecule has 4 rings (SSSR count). The molecule has 1 saturated heterocycles. The third kappa shape index (κ3) is 2.43. The van der Waals surface area contributed by atoms with Gasteiger partial charge in [-0.3, -0.25) is 10.9 Å². The van der Waals surface area contributed by atoms with E-state index in [4.69, 9.17) is 4.52 Å². The first-order valence-electron chi connectivity index (χ1n) is 7.25. The number of aromatic nitrogens is 3. The molecule has 0 atom stereocenters. The van der Waals surface area contributed by atoms with Crippen LogP contribution in [0.3, 0.4) is 0 Å². The highest BCUT2D eigenvalue weighted by atomic mass is 16.5. The number of aryl methyl sites for hydroxylation is 1. The first-order valence-corrected chi connectivity index (χ1v) is 7.25. The Morgan fingerprint density at radius 2 is 2.10 bits per heavy atom. The molecule has 3 heterocycles. The summed E-state index contributed by atoms with van der Waals surface area (Å²) >= 11 is 0. The summed E-state index contributed by atoms with van der Waals surface area (Å²) in [5.74, 6) is 2.01. The molecule has 0 unspecified atom stereocenters. The molecule has 0 saturated carbocycles. The highest BCUT2D eigenvalue weighted by Gasteiger charge is 2.17. The number of hydrogen-bond donors (Lipinski definition) is 3. The molecule has 0 amide bonds. The van der Waals surface area contributed by atoms with Crippen LogP contribution in [0.1, 0.15) is 12.3 Å². The minimum atomic E-state index is 0.633. The van der Waals surface area contributed by atoms with E-state index in [-0.39, 0.29) is 0 Å². The highest BCUT2D eigenvalue weighted by molar-refractivity contribution is 5.93. The maximum absolute atomic E-state index is 5.39. The lowest BCUT2D eigenvalue weighted by atomic mass is 10.1. The Morgan fingerprint density at radius 3 is 3.00 bits per heavy atom. The van der Waals surface area contributed by atoms with Crippen molar-refractivity contribution in [3.63, 3.8) is 0 Å². The third-order valence-corrected chi connectivity index (χ3v) is 3.98. The minimum absolute atomic E-state index is 0.633. The van der Waals surface area contributed by atoms with Crippen LogP contribution in [0.15, 0.2) is 35.0 Å². The van der Waals surface area contributed by atoms with E-state index in [9.17, 15) is 0 Å². The molecule has 1 fully saturated rings. The topological polar surface area (TPSA) is 78.8 Å². The molecule has 0 spiro atoms. The van der Waals surface area contributed by atoms with E-state index < -0.39 is 0 Å². The lowest BCUT2D eigenvalue weighted by Gasteiger charge is -2.02. The van der Waals surface area contributed by atoms with Crippen molar-refractivity contribution in [3.05, 3.63) is 36.4 Å². The van der Waals surface area contributed by atoms with E-state index in [0.717, 1.165) is 42.4 Å². The summed E-state index contributed by atoms with van der Waals surface area (Å²) < 4.78 is 5.39. The van der Waals surface area contributed by atoms with Crippen molar-refractivity contribution in [2.75, 3.05) is 13.1 Å². The van der Waals surface area contributed by atoms with Gasteiger partial charge in [-0.05, 0) is 24.5 Å². The van der Waals surface area contributed by atoms with Crippen molar-refractivity contribution in [1.82, 2.24) is 26.0 Å². The first-order chi connectivity index (χ1) is 10.4. The smallest absolute Gasteiger partial charge is 0.226 e. The van der Waals surface area contributed by atoms with Crippen LogP contribution in [0.4, 0.5) is 0 Å². The second-order valence-corrected chi connectivity index (χ2v) is 5.42. The molecule has 1 aromatic carbocycles. The Balaban J connectivity index is 1.54. The third-order valence-electron chi connectivity index (χ3n) is 3.98. The van der Waals surface area contributed by atoms with Crippen molar-refractivity contribution in [1.29, 1.82) is 0 Å². The van der Waals surface area contributed by atoms with Crippen LogP contribution in [0, 0.1) is 5.92 Å². The molecule has 108 valence electrons. The Morgan fingerprint density at radius 1 is 1.19 bits per heavy atom. The summed E-state index contributed by atoms with van der Waals surface area (Å²) in [4.78, 5) is 7.74. The van der Waals surface area contributed by atoms with Crippen LogP contribution in [0.2, 0.25) is 0 Å². The van der Waals surface area contributed by atoms with E-state index in [1.165, 1.54) is 0 Å². The van der Waals surface area contributed by atoms with Crippen LogP contribution in [0.5, 0.6) is 0 Å². The maximum atomic E-state index is 5.39. The number of benzene rings is 1. The number of aromatic amines is 1. The van der Waals surface area contributed by atoms with Crippen LogP contribution in [-0.2, 0) is 6.42 Å². The normalized spacial score (nSPS) is 16.0. The van der Waals surface area contributed by atoms with E-state index in [1.807, 2.05) is 30.5 Å². The van der Waals surface area contributed by atoms with Crippen LogP contribution >= 0.6 is 0 Å². The van der Waals surface area contributed by atoms with Gasteiger partial charge in [0, 0.05) is 42.2 Å². The van der Waals surface area contributed by atoms with Crippen molar-refractivity contribution in [2.24, 2.45) is 5.92 Å². The number of nitrogens with zero attached hydrogens (tertiary/aromatic N) is 2. The number of rotatable bonds is 4. The summed E-state index contributed by atoms with van der Waals surface area (Å²) in [5.41, 5.74) is 8.37. The molecule has 0 bridgehead atoms. The van der Waals surface area contributed by atoms with Gasteiger partial charge >= 0.3 is 0 Å². The fraction of sp³-hybridized carbons (Fsp3) is 0.333. The van der Waals surface area contributed by atoms with Crippen LogP contribution in [-0.4, -0.2) is 28.2 Å². The Labute approximate surface area is 121 Å². The van der Waals surface area contributed by atoms with Gasteiger partial charge in [-0.25, -0.2) is 0 Å². The lowest BCUT2D eigenvalue weighted by Crippen LogP contribution is -2.21. The molecule has 0 aliphatic carbocycles. The molecule has 1 aliphatic heterocycles. The van der Waals surface area contributed by atoms with Crippen LogP contribution in [0.25, 0.3) is 22.3 Å². The standard InChI is InChI=1S/C15H17N5O/c1-2-12(11-6-7-16-13(11)3-1)15-19-14(21-20-15)5-4-10-8-17-18-9-10/h1-3,6-7,10,16-18H,4-5,8-9H2. The highest BCUT2D eigenvalue weighted by Crippen LogP contribution is 2.26. The fourth-order valence-corrected chi connectivity index (χ4v) is 2.78. The lowest BCUT2D eigenvalue weighted by molar-refractivity contribution is 0.367. The summed E-state index contributed by atoms with van der Waals surface area (Å²) in [6, 6.07) is 8.10. The van der Waals surface area contributed by atoms with Crippen molar-refractivity contribution < 1.29 is 4.52 Å². The van der Waals surface area contributed by atoms with Gasteiger partial charge in [0.15, 0.2) is 0 Å². The van der Waals surface area contributed by atoms with Gasteiger partial charge in [-0.1, -0.05) is 17.3 Å². The Hall–Kier alpha value is -2.18. The number of nitrogens with one attached hydrogen (secondary N) is 3. The van der Waals surface area contributed by atoms with Gasteiger partial charge in [-0.15, -0.1) is 0 Å². The molecule has 21 heavy (non-hydrogen) atoms. The maximum Gasteiger partial charge on any atom is 0.226 e. The van der Waals surface area contributed by atoms with E-state index >= 15 is 0 Å². The zero-order chi connectivity index (χ0) is 14.1. The molecule has 3 N–H and O–H groups in total. The van der Waals surface area contributed by atoms with Crippen molar-refractivity contribution in [2.45, 2.75) is 12.8 Å². The van der Waals surface area contributed by atoms with Gasteiger partial charge in [0.25, 0.3) is 0 Å². The first kappa shape index (κ1) is 12.6. The van der Waals surface area contributed by atoms with Crippen LogP contribution < -0.4 is 10.9 Å². The average molecular weight is 283 g/mol. The largest absolute Gasteiger partial charge is 0.361 e. The SMILES string of the molecule is c1cc(-c2noc(CCC3CNNC3)n2)c2cc[nH]c2c1. The Bertz CT molecular complexity index is 741. The minimum Gasteiger partial charge on any atom is -0.361 e. The van der Waals surface area contributed by atoms with Gasteiger partial charge in [0.2, 0.25) is 11.7 Å². The predicted octanol–water partition coefficient (Wildman–Crippen LogP) is 1.87. The predicted molar refractivity (Wildman–Crippen MR) is 79.4 cm³/mol. The van der Waals surface area contributed by atoms with Gasteiger partial charge in [-0.2, -0.15) is 4.98 Å². The summed E-state index contributed by atoms with van der Waals surface area (Å²) in [6.07, 6.45) is 3.80. The molecule has 6 nitrogen and oxygen atoms in total. The zero-order valence-electron chi connectivity index (χ0n) is 11.6. The number of H-pyrrole nitrogens is 1. The van der Waals surface area contributed by atoms with Crippen molar-refractivity contribution >= 4 is 10.9 Å². The average Bonchev–Trinajstić information content (AvgIpc) is 3.25. The number of hydrazine groups is 1. The molecular weight excluding hydrogens is 266 g/mol. The van der Waals surface area contributed by atoms with E-state index in [1.54, 1.807) is 0 Å². The second-order valence-electron chi connectivity index (χ2n) is 5.42.